The van der Waals surface area contributed by atoms with Gasteiger partial charge in [-0.3, -0.25) is 4.79 Å². The van der Waals surface area contributed by atoms with E-state index in [1.54, 1.807) is 19.9 Å². The summed E-state index contributed by atoms with van der Waals surface area (Å²) in [6.07, 6.45) is -0.676. The van der Waals surface area contributed by atoms with Gasteiger partial charge in [-0.1, -0.05) is 6.07 Å². The van der Waals surface area contributed by atoms with Gasteiger partial charge >= 0.3 is 5.97 Å². The Morgan fingerprint density at radius 1 is 1.04 bits per heavy atom. The van der Waals surface area contributed by atoms with Crippen LogP contribution in [0.2, 0.25) is 0 Å². The van der Waals surface area contributed by atoms with Crippen molar-refractivity contribution in [3.8, 4) is 5.75 Å². The second kappa shape index (κ2) is 7.17. The third kappa shape index (κ3) is 4.35. The number of hydrogen-bond donors (Lipinski definition) is 2. The van der Waals surface area contributed by atoms with Gasteiger partial charge in [-0.05, 0) is 74.7 Å². The number of benzene rings is 2. The quantitative estimate of drug-likeness (QED) is 0.877. The molecule has 0 aliphatic carbocycles. The van der Waals surface area contributed by atoms with Crippen LogP contribution in [0.3, 0.4) is 0 Å². The number of ether oxygens (including phenoxy) is 1. The Morgan fingerprint density at radius 2 is 1.67 bits per heavy atom. The summed E-state index contributed by atoms with van der Waals surface area (Å²) in [7, 11) is 0. The standard InChI is InChI=1S/C19H21NO4/c1-11-7-12(2)9-16(8-11)24-14(4)18(21)20-17-6-5-15(19(22)23)10-13(17)3/h5-10,14H,1-4H3,(H,20,21)(H,22,23). The number of carbonyl (C=O) groups excluding carboxylic acids is 1. The van der Waals surface area contributed by atoms with Crippen LogP contribution in [0.1, 0.15) is 34.0 Å². The lowest BCUT2D eigenvalue weighted by Gasteiger charge is -2.16. The zero-order valence-electron chi connectivity index (χ0n) is 14.2. The van der Waals surface area contributed by atoms with Gasteiger partial charge in [0.2, 0.25) is 0 Å². The van der Waals surface area contributed by atoms with Gasteiger partial charge in [0.15, 0.2) is 6.10 Å². The molecular weight excluding hydrogens is 306 g/mol. The molecule has 0 radical (unpaired) electrons. The van der Waals surface area contributed by atoms with Crippen LogP contribution in [0.4, 0.5) is 5.69 Å². The highest BCUT2D eigenvalue weighted by atomic mass is 16.5. The van der Waals surface area contributed by atoms with Crippen LogP contribution < -0.4 is 10.1 Å². The van der Waals surface area contributed by atoms with Gasteiger partial charge in [-0.15, -0.1) is 0 Å². The summed E-state index contributed by atoms with van der Waals surface area (Å²) in [5, 5.41) is 11.7. The fourth-order valence-corrected chi connectivity index (χ4v) is 2.43. The number of carboxylic acids is 1. The molecule has 0 spiro atoms. The van der Waals surface area contributed by atoms with Gasteiger partial charge in [0, 0.05) is 5.69 Å². The third-order valence-electron chi connectivity index (χ3n) is 3.61. The zero-order valence-corrected chi connectivity index (χ0v) is 14.2. The van der Waals surface area contributed by atoms with Crippen LogP contribution in [0.25, 0.3) is 0 Å². The largest absolute Gasteiger partial charge is 0.481 e. The molecule has 1 amide bonds. The van der Waals surface area contributed by atoms with Crippen molar-refractivity contribution in [2.45, 2.75) is 33.8 Å². The van der Waals surface area contributed by atoms with Crippen molar-refractivity contribution in [1.29, 1.82) is 0 Å². The van der Waals surface area contributed by atoms with Crippen molar-refractivity contribution in [1.82, 2.24) is 0 Å². The fraction of sp³-hybridized carbons (Fsp3) is 0.263. The molecular formula is C19H21NO4. The van der Waals surface area contributed by atoms with Crippen molar-refractivity contribution < 1.29 is 19.4 Å². The molecule has 24 heavy (non-hydrogen) atoms. The molecule has 0 aromatic heterocycles. The first-order valence-corrected chi connectivity index (χ1v) is 7.66. The van der Waals surface area contributed by atoms with E-state index < -0.39 is 12.1 Å². The normalized spacial score (nSPS) is 11.7. The first-order valence-electron chi connectivity index (χ1n) is 7.66. The minimum atomic E-state index is -0.998. The van der Waals surface area contributed by atoms with Crippen molar-refractivity contribution >= 4 is 17.6 Å². The van der Waals surface area contributed by atoms with Gasteiger partial charge in [-0.25, -0.2) is 4.79 Å². The summed E-state index contributed by atoms with van der Waals surface area (Å²) < 4.78 is 5.71. The number of amides is 1. The van der Waals surface area contributed by atoms with E-state index in [0.29, 0.717) is 17.0 Å². The van der Waals surface area contributed by atoms with E-state index in [2.05, 4.69) is 5.32 Å². The van der Waals surface area contributed by atoms with Gasteiger partial charge in [0.1, 0.15) is 5.75 Å². The van der Waals surface area contributed by atoms with Crippen LogP contribution in [-0.2, 0) is 4.79 Å². The minimum absolute atomic E-state index is 0.185. The highest BCUT2D eigenvalue weighted by Gasteiger charge is 2.16. The third-order valence-corrected chi connectivity index (χ3v) is 3.61. The number of nitrogens with one attached hydrogen (secondary N) is 1. The highest BCUT2D eigenvalue weighted by Crippen LogP contribution is 2.20. The Morgan fingerprint density at radius 3 is 2.21 bits per heavy atom. The van der Waals surface area contributed by atoms with E-state index in [1.165, 1.54) is 12.1 Å². The Bertz CT molecular complexity index is 763. The maximum Gasteiger partial charge on any atom is 0.335 e. The molecule has 2 rings (SSSR count). The molecule has 2 aromatic carbocycles. The van der Waals surface area contributed by atoms with Gasteiger partial charge in [-0.2, -0.15) is 0 Å². The van der Waals surface area contributed by atoms with Crippen molar-refractivity contribution in [3.05, 3.63) is 58.7 Å². The molecule has 2 aromatic rings. The topological polar surface area (TPSA) is 75.6 Å². The predicted molar refractivity (Wildman–Crippen MR) is 92.8 cm³/mol. The number of aryl methyl sites for hydroxylation is 3. The Kier molecular flexibility index (Phi) is 5.24. The molecule has 1 unspecified atom stereocenters. The minimum Gasteiger partial charge on any atom is -0.481 e. The molecule has 126 valence electrons. The van der Waals surface area contributed by atoms with Crippen molar-refractivity contribution in [2.75, 3.05) is 5.32 Å². The number of carbonyl (C=O) groups is 2. The second-order valence-electron chi connectivity index (χ2n) is 5.91. The molecule has 0 saturated heterocycles. The summed E-state index contributed by atoms with van der Waals surface area (Å²) in [4.78, 5) is 23.3. The van der Waals surface area contributed by atoms with E-state index in [-0.39, 0.29) is 11.5 Å². The summed E-state index contributed by atoms with van der Waals surface area (Å²) in [6.45, 7) is 7.36. The number of aromatic carboxylic acids is 1. The number of anilines is 1. The molecule has 1 atom stereocenters. The maximum atomic E-state index is 12.3. The molecule has 0 aliphatic rings. The zero-order chi connectivity index (χ0) is 17.9. The maximum absolute atomic E-state index is 12.3. The number of rotatable bonds is 5. The van der Waals surface area contributed by atoms with E-state index in [4.69, 9.17) is 9.84 Å². The first-order chi connectivity index (χ1) is 11.3. The molecule has 0 bridgehead atoms. The second-order valence-corrected chi connectivity index (χ2v) is 5.91. The van der Waals surface area contributed by atoms with Gasteiger partial charge < -0.3 is 15.2 Å². The Labute approximate surface area is 141 Å². The first kappa shape index (κ1) is 17.5. The molecule has 0 saturated carbocycles. The molecule has 5 nitrogen and oxygen atoms in total. The van der Waals surface area contributed by atoms with Crippen LogP contribution in [-0.4, -0.2) is 23.1 Å². The van der Waals surface area contributed by atoms with E-state index in [9.17, 15) is 9.59 Å². The van der Waals surface area contributed by atoms with Crippen LogP contribution in [0.5, 0.6) is 5.75 Å². The summed E-state index contributed by atoms with van der Waals surface area (Å²) in [6, 6.07) is 10.4. The molecule has 0 heterocycles. The average Bonchev–Trinajstić information content (AvgIpc) is 2.47. The monoisotopic (exact) mass is 327 g/mol. The number of hydrogen-bond acceptors (Lipinski definition) is 3. The summed E-state index contributed by atoms with van der Waals surface area (Å²) in [5.74, 6) is -0.643. The lowest BCUT2D eigenvalue weighted by atomic mass is 10.1. The smallest absolute Gasteiger partial charge is 0.335 e. The predicted octanol–water partition coefficient (Wildman–Crippen LogP) is 3.72. The molecule has 0 fully saturated rings. The van der Waals surface area contributed by atoms with E-state index >= 15 is 0 Å². The van der Waals surface area contributed by atoms with Crippen molar-refractivity contribution in [2.24, 2.45) is 0 Å². The van der Waals surface area contributed by atoms with Gasteiger partial charge in [0.05, 0.1) is 5.56 Å². The van der Waals surface area contributed by atoms with Crippen molar-refractivity contribution in [3.63, 3.8) is 0 Å². The summed E-state index contributed by atoms with van der Waals surface area (Å²) >= 11 is 0. The SMILES string of the molecule is Cc1cc(C)cc(OC(C)C(=O)Nc2ccc(C(=O)O)cc2C)c1. The molecule has 0 aliphatic heterocycles. The molecule has 2 N–H and O–H groups in total. The Hall–Kier alpha value is -2.82. The van der Waals surface area contributed by atoms with Crippen LogP contribution >= 0.6 is 0 Å². The van der Waals surface area contributed by atoms with Gasteiger partial charge in [0.25, 0.3) is 5.91 Å². The summed E-state index contributed by atoms with van der Waals surface area (Å²) in [5.41, 5.74) is 3.57. The number of carboxylic acid groups (broad SMARTS) is 1. The van der Waals surface area contributed by atoms with Crippen LogP contribution in [0, 0.1) is 20.8 Å². The van der Waals surface area contributed by atoms with Crippen LogP contribution in [0.15, 0.2) is 36.4 Å². The highest BCUT2D eigenvalue weighted by molar-refractivity contribution is 5.96. The lowest BCUT2D eigenvalue weighted by Crippen LogP contribution is -2.30. The molecule has 5 heteroatoms. The fourth-order valence-electron chi connectivity index (χ4n) is 2.43. The Balaban J connectivity index is 2.07. The van der Waals surface area contributed by atoms with E-state index in [0.717, 1.165) is 11.1 Å². The van der Waals surface area contributed by atoms with E-state index in [1.807, 2.05) is 32.0 Å². The average molecular weight is 327 g/mol. The lowest BCUT2D eigenvalue weighted by molar-refractivity contribution is -0.122.